The largest absolute Gasteiger partial charge is 0.384 e. The average Bonchev–Trinajstić information content (AvgIpc) is 2.69. The Balaban J connectivity index is 1.51. The molecule has 1 amide bonds. The molecular formula is C22H30N4O. The second-order valence-electron chi connectivity index (χ2n) is 7.63. The molecule has 0 unspecified atom stereocenters. The molecule has 0 spiro atoms. The number of piperazine rings is 1. The van der Waals surface area contributed by atoms with Crippen molar-refractivity contribution in [1.29, 1.82) is 0 Å². The number of hydrogen-bond acceptors (Lipinski definition) is 4. The molecule has 0 bridgehead atoms. The summed E-state index contributed by atoms with van der Waals surface area (Å²) in [5, 5.41) is 3.37. The predicted molar refractivity (Wildman–Crippen MR) is 110 cm³/mol. The van der Waals surface area contributed by atoms with E-state index >= 15 is 0 Å². The molecule has 1 aromatic heterocycles. The zero-order valence-corrected chi connectivity index (χ0v) is 16.4. The van der Waals surface area contributed by atoms with Gasteiger partial charge in [0, 0.05) is 51.7 Å². The molecule has 1 saturated heterocycles. The van der Waals surface area contributed by atoms with Crippen molar-refractivity contribution in [3.05, 3.63) is 59.9 Å². The summed E-state index contributed by atoms with van der Waals surface area (Å²) < 4.78 is 0. The van der Waals surface area contributed by atoms with E-state index in [1.54, 1.807) is 12.4 Å². The summed E-state index contributed by atoms with van der Waals surface area (Å²) in [4.78, 5) is 21.4. The Bertz CT molecular complexity index is 724. The van der Waals surface area contributed by atoms with E-state index in [1.807, 2.05) is 17.0 Å². The standard InChI is InChI=1S/C22H30N4O/c1-18(2)8-9-24-21-14-20(15-23-16-21)22(27)26-12-10-25(11-13-26)17-19-6-4-3-5-7-19/h3-7,14-16,18,24H,8-13,17H2,1-2H3. The molecule has 1 fully saturated rings. The highest BCUT2D eigenvalue weighted by Gasteiger charge is 2.22. The van der Waals surface area contributed by atoms with Crippen molar-refractivity contribution in [3.63, 3.8) is 0 Å². The highest BCUT2D eigenvalue weighted by Crippen LogP contribution is 2.14. The molecule has 1 N–H and O–H groups in total. The molecule has 1 aromatic carbocycles. The Morgan fingerprint density at radius 2 is 1.85 bits per heavy atom. The first kappa shape index (κ1) is 19.4. The van der Waals surface area contributed by atoms with E-state index in [1.165, 1.54) is 5.56 Å². The Hall–Kier alpha value is -2.40. The fraction of sp³-hybridized carbons (Fsp3) is 0.455. The third-order valence-corrected chi connectivity index (χ3v) is 4.94. The highest BCUT2D eigenvalue weighted by atomic mass is 16.2. The number of hydrogen-bond donors (Lipinski definition) is 1. The first-order chi connectivity index (χ1) is 13.1. The van der Waals surface area contributed by atoms with E-state index in [4.69, 9.17) is 0 Å². The van der Waals surface area contributed by atoms with Crippen LogP contribution in [0.15, 0.2) is 48.8 Å². The number of nitrogens with one attached hydrogen (secondary N) is 1. The molecule has 2 heterocycles. The van der Waals surface area contributed by atoms with Gasteiger partial charge in [-0.15, -0.1) is 0 Å². The minimum Gasteiger partial charge on any atom is -0.384 e. The van der Waals surface area contributed by atoms with Gasteiger partial charge in [0.25, 0.3) is 5.91 Å². The SMILES string of the molecule is CC(C)CCNc1cncc(C(=O)N2CCN(Cc3ccccc3)CC2)c1. The van der Waals surface area contributed by atoms with Crippen LogP contribution in [0.5, 0.6) is 0 Å². The number of carbonyl (C=O) groups is 1. The molecule has 2 aromatic rings. The van der Waals surface area contributed by atoms with Crippen LogP contribution in [0.2, 0.25) is 0 Å². The summed E-state index contributed by atoms with van der Waals surface area (Å²) in [5.41, 5.74) is 2.91. The smallest absolute Gasteiger partial charge is 0.255 e. The van der Waals surface area contributed by atoms with Crippen LogP contribution < -0.4 is 5.32 Å². The lowest BCUT2D eigenvalue weighted by Crippen LogP contribution is -2.48. The van der Waals surface area contributed by atoms with Crippen LogP contribution >= 0.6 is 0 Å². The van der Waals surface area contributed by atoms with Gasteiger partial charge < -0.3 is 10.2 Å². The Kier molecular flexibility index (Phi) is 6.82. The summed E-state index contributed by atoms with van der Waals surface area (Å²) in [5.74, 6) is 0.733. The van der Waals surface area contributed by atoms with Crippen LogP contribution in [0.3, 0.4) is 0 Å². The molecule has 144 valence electrons. The Morgan fingerprint density at radius 3 is 2.56 bits per heavy atom. The van der Waals surface area contributed by atoms with Gasteiger partial charge in [-0.3, -0.25) is 14.7 Å². The van der Waals surface area contributed by atoms with Crippen molar-refractivity contribution in [2.45, 2.75) is 26.8 Å². The van der Waals surface area contributed by atoms with Gasteiger partial charge in [0.05, 0.1) is 11.3 Å². The maximum Gasteiger partial charge on any atom is 0.255 e. The van der Waals surface area contributed by atoms with Gasteiger partial charge in [0.1, 0.15) is 0 Å². The minimum absolute atomic E-state index is 0.0781. The van der Waals surface area contributed by atoms with Crippen molar-refractivity contribution < 1.29 is 4.79 Å². The van der Waals surface area contributed by atoms with Crippen LogP contribution in [-0.4, -0.2) is 53.4 Å². The van der Waals surface area contributed by atoms with E-state index in [0.717, 1.165) is 51.4 Å². The molecule has 0 radical (unpaired) electrons. The van der Waals surface area contributed by atoms with Crippen molar-refractivity contribution in [3.8, 4) is 0 Å². The number of aromatic nitrogens is 1. The first-order valence-corrected chi connectivity index (χ1v) is 9.86. The molecular weight excluding hydrogens is 336 g/mol. The molecule has 0 aliphatic carbocycles. The van der Waals surface area contributed by atoms with Crippen LogP contribution in [0.25, 0.3) is 0 Å². The molecule has 27 heavy (non-hydrogen) atoms. The molecule has 3 rings (SSSR count). The van der Waals surface area contributed by atoms with E-state index < -0.39 is 0 Å². The number of rotatable bonds is 7. The van der Waals surface area contributed by atoms with Gasteiger partial charge >= 0.3 is 0 Å². The van der Waals surface area contributed by atoms with Crippen LogP contribution in [0, 0.1) is 5.92 Å². The monoisotopic (exact) mass is 366 g/mol. The average molecular weight is 367 g/mol. The molecule has 1 aliphatic rings. The van der Waals surface area contributed by atoms with Crippen molar-refractivity contribution >= 4 is 11.6 Å². The summed E-state index contributed by atoms with van der Waals surface area (Å²) in [6.45, 7) is 9.58. The Labute approximate surface area is 162 Å². The third-order valence-electron chi connectivity index (χ3n) is 4.94. The van der Waals surface area contributed by atoms with Crippen molar-refractivity contribution in [2.75, 3.05) is 38.0 Å². The van der Waals surface area contributed by atoms with Gasteiger partial charge in [-0.2, -0.15) is 0 Å². The topological polar surface area (TPSA) is 48.5 Å². The summed E-state index contributed by atoms with van der Waals surface area (Å²) in [7, 11) is 0. The van der Waals surface area contributed by atoms with E-state index in [0.29, 0.717) is 11.5 Å². The lowest BCUT2D eigenvalue weighted by Gasteiger charge is -2.34. The fourth-order valence-electron chi connectivity index (χ4n) is 3.29. The van der Waals surface area contributed by atoms with Crippen molar-refractivity contribution in [2.24, 2.45) is 5.92 Å². The van der Waals surface area contributed by atoms with Crippen LogP contribution in [0.1, 0.15) is 36.2 Å². The third kappa shape index (κ3) is 5.79. The van der Waals surface area contributed by atoms with E-state index in [-0.39, 0.29) is 5.91 Å². The van der Waals surface area contributed by atoms with Gasteiger partial charge in [-0.05, 0) is 24.0 Å². The fourth-order valence-corrected chi connectivity index (χ4v) is 3.29. The number of benzene rings is 1. The minimum atomic E-state index is 0.0781. The lowest BCUT2D eigenvalue weighted by atomic mass is 10.1. The van der Waals surface area contributed by atoms with Gasteiger partial charge in [0.15, 0.2) is 0 Å². The maximum atomic E-state index is 12.8. The Morgan fingerprint density at radius 1 is 1.11 bits per heavy atom. The molecule has 0 saturated carbocycles. The molecule has 5 nitrogen and oxygen atoms in total. The maximum absolute atomic E-state index is 12.8. The second kappa shape index (κ2) is 9.51. The van der Waals surface area contributed by atoms with E-state index in [2.05, 4.69) is 53.3 Å². The zero-order valence-electron chi connectivity index (χ0n) is 16.4. The second-order valence-corrected chi connectivity index (χ2v) is 7.63. The number of amides is 1. The molecule has 1 aliphatic heterocycles. The normalized spacial score (nSPS) is 15.1. The zero-order chi connectivity index (χ0) is 19.1. The highest BCUT2D eigenvalue weighted by molar-refractivity contribution is 5.94. The lowest BCUT2D eigenvalue weighted by molar-refractivity contribution is 0.0628. The molecule has 0 atom stereocenters. The molecule has 5 heteroatoms. The summed E-state index contributed by atoms with van der Waals surface area (Å²) in [6, 6.07) is 12.4. The quantitative estimate of drug-likeness (QED) is 0.815. The number of nitrogens with zero attached hydrogens (tertiary/aromatic N) is 3. The predicted octanol–water partition coefficient (Wildman–Crippen LogP) is 3.50. The summed E-state index contributed by atoms with van der Waals surface area (Å²) in [6.07, 6.45) is 4.56. The van der Waals surface area contributed by atoms with Gasteiger partial charge in [-0.1, -0.05) is 44.2 Å². The summed E-state index contributed by atoms with van der Waals surface area (Å²) >= 11 is 0. The van der Waals surface area contributed by atoms with Crippen LogP contribution in [0.4, 0.5) is 5.69 Å². The van der Waals surface area contributed by atoms with Gasteiger partial charge in [-0.25, -0.2) is 0 Å². The van der Waals surface area contributed by atoms with Gasteiger partial charge in [0.2, 0.25) is 0 Å². The van der Waals surface area contributed by atoms with Crippen LogP contribution in [-0.2, 0) is 6.54 Å². The number of carbonyl (C=O) groups excluding carboxylic acids is 1. The van der Waals surface area contributed by atoms with E-state index in [9.17, 15) is 4.79 Å². The number of anilines is 1. The number of pyridine rings is 1. The van der Waals surface area contributed by atoms with Crippen molar-refractivity contribution in [1.82, 2.24) is 14.8 Å². The first-order valence-electron chi connectivity index (χ1n) is 9.86.